The minimum atomic E-state index is 0.495. The summed E-state index contributed by atoms with van der Waals surface area (Å²) in [5.41, 5.74) is 2.63. The lowest BCUT2D eigenvalue weighted by Gasteiger charge is -2.39. The number of nitrogens with zero attached hydrogens (tertiary/aromatic N) is 3. The molecule has 1 aliphatic rings. The molecule has 1 aromatic heterocycles. The van der Waals surface area contributed by atoms with Crippen molar-refractivity contribution in [1.29, 1.82) is 0 Å². The normalized spacial score (nSPS) is 20.5. The number of rotatable bonds is 8. The molecule has 1 saturated heterocycles. The van der Waals surface area contributed by atoms with Crippen LogP contribution in [0.2, 0.25) is 0 Å². The summed E-state index contributed by atoms with van der Waals surface area (Å²) >= 11 is 1.88. The molecule has 2 atom stereocenters. The van der Waals surface area contributed by atoms with E-state index in [0.717, 1.165) is 25.6 Å². The molecule has 2 N–H and O–H groups in total. The second kappa shape index (κ2) is 11.5. The van der Waals surface area contributed by atoms with Crippen LogP contribution in [0.5, 0.6) is 0 Å². The summed E-state index contributed by atoms with van der Waals surface area (Å²) in [6.07, 6.45) is 2.52. The summed E-state index contributed by atoms with van der Waals surface area (Å²) in [6.45, 7) is 6.74. The fourth-order valence-corrected chi connectivity index (χ4v) is 5.31. The standard InChI is InChI=1S/C24H37N5S/c1-5-25-24(26-16-19-10-6-7-11-21(19)18-28(2)3)27-17-20-12-8-14-29(4)23(20)22-13-9-15-30-22/h6-7,9-11,13,15,20,23H,5,8,12,14,16-18H2,1-4H3,(H2,25,26,27). The van der Waals surface area contributed by atoms with Gasteiger partial charge in [-0.2, -0.15) is 0 Å². The van der Waals surface area contributed by atoms with Crippen molar-refractivity contribution in [1.82, 2.24) is 20.4 Å². The molecule has 0 amide bonds. The first kappa shape index (κ1) is 22.8. The minimum Gasteiger partial charge on any atom is -0.357 e. The van der Waals surface area contributed by atoms with Crippen LogP contribution in [0.1, 0.15) is 41.8 Å². The van der Waals surface area contributed by atoms with E-state index < -0.39 is 0 Å². The highest BCUT2D eigenvalue weighted by molar-refractivity contribution is 7.10. The van der Waals surface area contributed by atoms with Crippen molar-refractivity contribution in [2.24, 2.45) is 10.9 Å². The first-order chi connectivity index (χ1) is 14.6. The third kappa shape index (κ3) is 6.30. The zero-order chi connectivity index (χ0) is 21.3. The van der Waals surface area contributed by atoms with Gasteiger partial charge in [-0.15, -0.1) is 11.3 Å². The van der Waals surface area contributed by atoms with E-state index in [1.54, 1.807) is 0 Å². The molecule has 0 radical (unpaired) electrons. The predicted molar refractivity (Wildman–Crippen MR) is 129 cm³/mol. The highest BCUT2D eigenvalue weighted by Gasteiger charge is 2.31. The van der Waals surface area contributed by atoms with Gasteiger partial charge in [-0.25, -0.2) is 4.99 Å². The fourth-order valence-electron chi connectivity index (χ4n) is 4.32. The van der Waals surface area contributed by atoms with Gasteiger partial charge >= 0.3 is 0 Å². The molecule has 1 aliphatic heterocycles. The molecule has 3 rings (SSSR count). The Kier molecular flexibility index (Phi) is 8.73. The molecular weight excluding hydrogens is 390 g/mol. The van der Waals surface area contributed by atoms with Crippen molar-refractivity contribution >= 4 is 17.3 Å². The number of guanidine groups is 1. The van der Waals surface area contributed by atoms with Gasteiger partial charge in [0.25, 0.3) is 0 Å². The molecule has 0 saturated carbocycles. The lowest BCUT2D eigenvalue weighted by molar-refractivity contribution is 0.125. The van der Waals surface area contributed by atoms with Crippen LogP contribution in [0.4, 0.5) is 0 Å². The Morgan fingerprint density at radius 1 is 1.17 bits per heavy atom. The Hall–Kier alpha value is -1.89. The topological polar surface area (TPSA) is 42.9 Å². The van der Waals surface area contributed by atoms with Crippen LogP contribution in [0.25, 0.3) is 0 Å². The van der Waals surface area contributed by atoms with Gasteiger partial charge < -0.3 is 15.5 Å². The highest BCUT2D eigenvalue weighted by atomic mass is 32.1. The van der Waals surface area contributed by atoms with Gasteiger partial charge in [0.05, 0.1) is 6.54 Å². The lowest BCUT2D eigenvalue weighted by atomic mass is 9.88. The van der Waals surface area contributed by atoms with Crippen molar-refractivity contribution in [3.63, 3.8) is 0 Å². The fraction of sp³-hybridized carbons (Fsp3) is 0.542. The monoisotopic (exact) mass is 427 g/mol. The van der Waals surface area contributed by atoms with E-state index in [9.17, 15) is 0 Å². The van der Waals surface area contributed by atoms with E-state index in [2.05, 4.69) is 90.3 Å². The van der Waals surface area contributed by atoms with Gasteiger partial charge in [0.15, 0.2) is 5.96 Å². The molecule has 30 heavy (non-hydrogen) atoms. The molecular formula is C24H37N5S. The largest absolute Gasteiger partial charge is 0.357 e. The van der Waals surface area contributed by atoms with Gasteiger partial charge in [-0.3, -0.25) is 4.90 Å². The number of nitrogens with one attached hydrogen (secondary N) is 2. The molecule has 2 unspecified atom stereocenters. The van der Waals surface area contributed by atoms with Crippen LogP contribution in [-0.4, -0.2) is 56.5 Å². The molecule has 0 aliphatic carbocycles. The van der Waals surface area contributed by atoms with Crippen molar-refractivity contribution < 1.29 is 0 Å². The molecule has 2 heterocycles. The first-order valence-corrected chi connectivity index (χ1v) is 11.9. The summed E-state index contributed by atoms with van der Waals surface area (Å²) in [7, 11) is 6.48. The third-order valence-electron chi connectivity index (χ3n) is 5.73. The van der Waals surface area contributed by atoms with E-state index >= 15 is 0 Å². The van der Waals surface area contributed by atoms with Crippen LogP contribution in [0.15, 0.2) is 46.8 Å². The molecule has 0 bridgehead atoms. The molecule has 6 heteroatoms. The second-order valence-electron chi connectivity index (χ2n) is 8.43. The maximum Gasteiger partial charge on any atom is 0.191 e. The van der Waals surface area contributed by atoms with Crippen molar-refractivity contribution in [2.45, 2.75) is 38.9 Å². The smallest absolute Gasteiger partial charge is 0.191 e. The Bertz CT molecular complexity index is 787. The highest BCUT2D eigenvalue weighted by Crippen LogP contribution is 2.36. The average Bonchev–Trinajstić information content (AvgIpc) is 3.25. The van der Waals surface area contributed by atoms with E-state index in [0.29, 0.717) is 18.5 Å². The number of piperidine rings is 1. The van der Waals surface area contributed by atoms with E-state index in [1.807, 2.05) is 11.3 Å². The van der Waals surface area contributed by atoms with E-state index in [-0.39, 0.29) is 0 Å². The SMILES string of the molecule is CCNC(=NCc1ccccc1CN(C)C)NCC1CCCN(C)C1c1cccs1. The zero-order valence-electron chi connectivity index (χ0n) is 18.9. The summed E-state index contributed by atoms with van der Waals surface area (Å²) in [5.74, 6) is 1.50. The van der Waals surface area contributed by atoms with Crippen molar-refractivity contribution in [3.8, 4) is 0 Å². The van der Waals surface area contributed by atoms with Gasteiger partial charge in [-0.1, -0.05) is 30.3 Å². The average molecular weight is 428 g/mol. The van der Waals surface area contributed by atoms with Crippen LogP contribution in [0, 0.1) is 5.92 Å². The number of benzene rings is 1. The second-order valence-corrected chi connectivity index (χ2v) is 9.41. The Balaban J connectivity index is 1.67. The minimum absolute atomic E-state index is 0.495. The summed E-state index contributed by atoms with van der Waals surface area (Å²) < 4.78 is 0. The predicted octanol–water partition coefficient (Wildman–Crippen LogP) is 3.95. The molecule has 5 nitrogen and oxygen atoms in total. The van der Waals surface area contributed by atoms with E-state index in [1.165, 1.54) is 35.4 Å². The Morgan fingerprint density at radius 2 is 1.97 bits per heavy atom. The van der Waals surface area contributed by atoms with Gasteiger partial charge in [0.2, 0.25) is 0 Å². The first-order valence-electron chi connectivity index (χ1n) is 11.1. The van der Waals surface area contributed by atoms with Crippen LogP contribution >= 0.6 is 11.3 Å². The molecule has 2 aromatic rings. The lowest BCUT2D eigenvalue weighted by Crippen LogP contribution is -2.44. The number of hydrogen-bond acceptors (Lipinski definition) is 4. The summed E-state index contributed by atoms with van der Waals surface area (Å²) in [4.78, 5) is 11.1. The van der Waals surface area contributed by atoms with E-state index in [4.69, 9.17) is 4.99 Å². The summed E-state index contributed by atoms with van der Waals surface area (Å²) in [6, 6.07) is 13.6. The number of likely N-dealkylation sites (tertiary alicyclic amines) is 1. The van der Waals surface area contributed by atoms with Gasteiger partial charge in [0, 0.05) is 30.6 Å². The number of thiophene rings is 1. The zero-order valence-corrected chi connectivity index (χ0v) is 19.7. The third-order valence-corrected chi connectivity index (χ3v) is 6.67. The van der Waals surface area contributed by atoms with Gasteiger partial charge in [-0.05, 0) is 75.9 Å². The number of aliphatic imine (C=N–C) groups is 1. The Labute approximate surface area is 186 Å². The van der Waals surface area contributed by atoms with Crippen LogP contribution < -0.4 is 10.6 Å². The summed E-state index contributed by atoms with van der Waals surface area (Å²) in [5, 5.41) is 9.26. The van der Waals surface area contributed by atoms with Crippen molar-refractivity contribution in [3.05, 3.63) is 57.8 Å². The maximum absolute atomic E-state index is 4.91. The Morgan fingerprint density at radius 3 is 2.67 bits per heavy atom. The molecule has 164 valence electrons. The van der Waals surface area contributed by atoms with Crippen LogP contribution in [-0.2, 0) is 13.1 Å². The van der Waals surface area contributed by atoms with Gasteiger partial charge in [0.1, 0.15) is 0 Å². The van der Waals surface area contributed by atoms with Crippen LogP contribution in [0.3, 0.4) is 0 Å². The van der Waals surface area contributed by atoms with Crippen molar-refractivity contribution in [2.75, 3.05) is 40.8 Å². The molecule has 0 spiro atoms. The maximum atomic E-state index is 4.91. The molecule has 1 fully saturated rings. The molecule has 1 aromatic carbocycles. The quantitative estimate of drug-likeness (QED) is 0.495. The number of hydrogen-bond donors (Lipinski definition) is 2.